The molecule has 2 rings (SSSR count). The minimum Gasteiger partial charge on any atom is -0.488 e. The third-order valence-corrected chi connectivity index (χ3v) is 6.32. The number of hydrogen-bond donors (Lipinski definition) is 1. The Morgan fingerprint density at radius 1 is 0.894 bits per heavy atom. The zero-order chi connectivity index (χ0) is 35.5. The first-order valence-corrected chi connectivity index (χ1v) is 14.8. The number of carbonyl (C=O) groups excluding carboxylic acids is 6. The normalized spacial score (nSPS) is 19.0. The first-order chi connectivity index (χ1) is 21.9. The van der Waals surface area contributed by atoms with Crippen LogP contribution in [-0.4, -0.2) is 85.5 Å². The lowest BCUT2D eigenvalue weighted by Crippen LogP contribution is -2.63. The van der Waals surface area contributed by atoms with Crippen LogP contribution >= 0.6 is 0 Å². The van der Waals surface area contributed by atoms with Crippen molar-refractivity contribution in [2.75, 3.05) is 13.7 Å². The van der Waals surface area contributed by atoms with Crippen LogP contribution in [0, 0.1) is 0 Å². The molecule has 1 heterocycles. The van der Waals surface area contributed by atoms with Crippen molar-refractivity contribution in [2.24, 2.45) is 0 Å². The molecule has 1 aromatic carbocycles. The van der Waals surface area contributed by atoms with Crippen molar-refractivity contribution < 1.29 is 61.9 Å². The van der Waals surface area contributed by atoms with Gasteiger partial charge in [-0.05, 0) is 44.9 Å². The Kier molecular flexibility index (Phi) is 14.0. The van der Waals surface area contributed by atoms with Gasteiger partial charge in [0.25, 0.3) is 0 Å². The van der Waals surface area contributed by atoms with Crippen molar-refractivity contribution in [3.63, 3.8) is 0 Å². The van der Waals surface area contributed by atoms with Crippen LogP contribution in [0.15, 0.2) is 41.7 Å². The quantitative estimate of drug-likeness (QED) is 0.241. The number of methoxy groups -OCH3 is 1. The molecular formula is C33H43NO13. The Hall–Kier alpha value is -4.88. The fraction of sp³-hybridized carbons (Fsp3) is 0.515. The van der Waals surface area contributed by atoms with Crippen molar-refractivity contribution in [1.82, 2.24) is 5.32 Å². The molecule has 0 unspecified atom stereocenters. The number of esters is 5. The number of benzene rings is 1. The summed E-state index contributed by atoms with van der Waals surface area (Å²) >= 11 is 0. The molecule has 1 amide bonds. The van der Waals surface area contributed by atoms with Crippen LogP contribution < -0.4 is 10.1 Å². The van der Waals surface area contributed by atoms with Gasteiger partial charge >= 0.3 is 29.8 Å². The van der Waals surface area contributed by atoms with Crippen LogP contribution in [0.4, 0.5) is 0 Å². The fourth-order valence-electron chi connectivity index (χ4n) is 4.75. The number of rotatable bonds is 13. The highest BCUT2D eigenvalue weighted by Crippen LogP contribution is 2.34. The second kappa shape index (κ2) is 17.2. The van der Waals surface area contributed by atoms with Crippen LogP contribution in [-0.2, 0) is 57.2 Å². The minimum atomic E-state index is -1.59. The molecule has 0 bridgehead atoms. The molecular weight excluding hydrogens is 618 g/mol. The third-order valence-electron chi connectivity index (χ3n) is 6.32. The van der Waals surface area contributed by atoms with E-state index in [1.165, 1.54) is 6.92 Å². The molecule has 0 saturated heterocycles. The van der Waals surface area contributed by atoms with Gasteiger partial charge in [0, 0.05) is 40.2 Å². The number of ether oxygens (including phenoxy) is 7. The van der Waals surface area contributed by atoms with Gasteiger partial charge < -0.3 is 38.5 Å². The predicted octanol–water partition coefficient (Wildman–Crippen LogP) is 2.96. The zero-order valence-corrected chi connectivity index (χ0v) is 28.1. The van der Waals surface area contributed by atoms with Gasteiger partial charge in [0.1, 0.15) is 24.0 Å². The van der Waals surface area contributed by atoms with Gasteiger partial charge in [-0.25, -0.2) is 4.79 Å². The maximum atomic E-state index is 13.1. The smallest absolute Gasteiger partial charge is 0.373 e. The molecule has 5 atom stereocenters. The highest BCUT2D eigenvalue weighted by molar-refractivity contribution is 5.88. The molecule has 1 aliphatic heterocycles. The van der Waals surface area contributed by atoms with E-state index in [0.717, 1.165) is 40.4 Å². The fourth-order valence-corrected chi connectivity index (χ4v) is 4.75. The van der Waals surface area contributed by atoms with E-state index < -0.39 is 78.6 Å². The average molecular weight is 662 g/mol. The van der Waals surface area contributed by atoms with Crippen molar-refractivity contribution in [3.05, 3.63) is 47.2 Å². The highest BCUT2D eigenvalue weighted by Gasteiger charge is 2.51. The molecule has 1 N–H and O–H groups in total. The van der Waals surface area contributed by atoms with Gasteiger partial charge in [-0.2, -0.15) is 0 Å². The summed E-state index contributed by atoms with van der Waals surface area (Å²) in [6, 6.07) is 5.95. The Morgan fingerprint density at radius 2 is 1.51 bits per heavy atom. The summed E-state index contributed by atoms with van der Waals surface area (Å²) in [6.07, 6.45) is -2.52. The molecule has 0 radical (unpaired) electrons. The molecule has 0 aliphatic carbocycles. The van der Waals surface area contributed by atoms with Gasteiger partial charge in [0.2, 0.25) is 11.7 Å². The molecule has 0 fully saturated rings. The summed E-state index contributed by atoms with van der Waals surface area (Å²) in [7, 11) is 1.11. The molecule has 1 aliphatic rings. The zero-order valence-electron chi connectivity index (χ0n) is 28.1. The molecule has 14 nitrogen and oxygen atoms in total. The van der Waals surface area contributed by atoms with Crippen LogP contribution in [0.2, 0.25) is 0 Å². The number of amides is 1. The van der Waals surface area contributed by atoms with Gasteiger partial charge in [-0.3, -0.25) is 24.0 Å². The summed E-state index contributed by atoms with van der Waals surface area (Å²) in [5, 5.41) is 2.65. The summed E-state index contributed by atoms with van der Waals surface area (Å²) in [6.45, 7) is 10.8. The Bertz CT molecular complexity index is 1370. The van der Waals surface area contributed by atoms with Crippen molar-refractivity contribution in [1.29, 1.82) is 0 Å². The monoisotopic (exact) mass is 661 g/mol. The largest absolute Gasteiger partial charge is 0.488 e. The standard InChI is InChI=1S/C33H43NO13/c1-18(35)34-27-28(44-21(4)38)25(12-10-11-23-13-15-24(16-14-23)47-33(6,7)8)29(32(40)41-9)46-31(27)30(45-22(5)39)26(43-20(3)37)17-42-19(2)36/h10-11,13-16,26-28,30-31H,12,17H2,1-9H3,(H,34,35)/b11-10+/t26-,27-,28+,30-,31-/m1/s1. The molecule has 0 aromatic heterocycles. The van der Waals surface area contributed by atoms with E-state index in [0.29, 0.717) is 5.75 Å². The minimum absolute atomic E-state index is 0.0233. The van der Waals surface area contributed by atoms with E-state index in [1.807, 2.05) is 32.9 Å². The molecule has 258 valence electrons. The van der Waals surface area contributed by atoms with Crippen LogP contribution in [0.1, 0.15) is 67.4 Å². The summed E-state index contributed by atoms with van der Waals surface area (Å²) < 4.78 is 38.5. The lowest BCUT2D eigenvalue weighted by molar-refractivity contribution is -0.192. The van der Waals surface area contributed by atoms with E-state index in [-0.39, 0.29) is 17.6 Å². The maximum Gasteiger partial charge on any atom is 0.373 e. The molecule has 0 spiro atoms. The first-order valence-electron chi connectivity index (χ1n) is 14.8. The van der Waals surface area contributed by atoms with Crippen LogP contribution in [0.3, 0.4) is 0 Å². The Morgan fingerprint density at radius 3 is 2.00 bits per heavy atom. The van der Waals surface area contributed by atoms with Crippen molar-refractivity contribution in [3.8, 4) is 5.75 Å². The summed E-state index contributed by atoms with van der Waals surface area (Å²) in [4.78, 5) is 74.0. The molecule has 0 saturated carbocycles. The topological polar surface area (TPSA) is 179 Å². The van der Waals surface area contributed by atoms with E-state index in [1.54, 1.807) is 24.3 Å². The Balaban J connectivity index is 2.68. The van der Waals surface area contributed by atoms with E-state index >= 15 is 0 Å². The average Bonchev–Trinajstić information content (AvgIpc) is 2.94. The van der Waals surface area contributed by atoms with Gasteiger partial charge in [0.15, 0.2) is 24.4 Å². The number of nitrogens with one attached hydrogen (secondary N) is 1. The lowest BCUT2D eigenvalue weighted by atomic mass is 9.87. The Labute approximate surface area is 273 Å². The van der Waals surface area contributed by atoms with Crippen molar-refractivity contribution in [2.45, 2.75) is 97.9 Å². The van der Waals surface area contributed by atoms with Gasteiger partial charge in [-0.1, -0.05) is 24.3 Å². The number of hydrogen-bond acceptors (Lipinski definition) is 13. The highest BCUT2D eigenvalue weighted by atomic mass is 16.6. The lowest BCUT2D eigenvalue weighted by Gasteiger charge is -2.43. The third kappa shape index (κ3) is 12.4. The summed E-state index contributed by atoms with van der Waals surface area (Å²) in [5.74, 6) is -4.47. The van der Waals surface area contributed by atoms with Crippen molar-refractivity contribution >= 4 is 41.8 Å². The molecule has 1 aromatic rings. The maximum absolute atomic E-state index is 13.1. The first kappa shape index (κ1) is 38.3. The number of carbonyl (C=O) groups is 6. The van der Waals surface area contributed by atoms with E-state index in [9.17, 15) is 28.8 Å². The molecule has 47 heavy (non-hydrogen) atoms. The number of allylic oxidation sites excluding steroid dienone is 1. The second-order valence-electron chi connectivity index (χ2n) is 11.6. The van der Waals surface area contributed by atoms with Gasteiger partial charge in [0.05, 0.1) is 7.11 Å². The van der Waals surface area contributed by atoms with Gasteiger partial charge in [-0.15, -0.1) is 0 Å². The summed E-state index contributed by atoms with van der Waals surface area (Å²) in [5.41, 5.74) is 0.528. The second-order valence-corrected chi connectivity index (χ2v) is 11.6. The SMILES string of the molecule is COC(=O)C1=C(C/C=C/c2ccc(OC(C)(C)C)cc2)[C@H](OC(C)=O)[C@@H](NC(C)=O)[C@H]([C@H](OC(C)=O)[C@@H](COC(C)=O)OC(C)=O)O1. The van der Waals surface area contributed by atoms with E-state index in [2.05, 4.69) is 5.32 Å². The molecule has 14 heteroatoms. The predicted molar refractivity (Wildman–Crippen MR) is 165 cm³/mol. The van der Waals surface area contributed by atoms with E-state index in [4.69, 9.17) is 33.2 Å². The van der Waals surface area contributed by atoms with Crippen LogP contribution in [0.25, 0.3) is 6.08 Å². The van der Waals surface area contributed by atoms with Crippen LogP contribution in [0.5, 0.6) is 5.75 Å².